The Morgan fingerprint density at radius 2 is 1.76 bits per heavy atom. The zero-order chi connectivity index (χ0) is 13.3. The fourth-order valence-electron chi connectivity index (χ4n) is 1.39. The van der Waals surface area contributed by atoms with Gasteiger partial charge in [-0.25, -0.2) is 0 Å². The van der Waals surface area contributed by atoms with E-state index in [4.69, 9.17) is 0 Å². The van der Waals surface area contributed by atoms with Crippen LogP contribution in [0.4, 0.5) is 0 Å². The van der Waals surface area contributed by atoms with Crippen LogP contribution in [0.5, 0.6) is 5.75 Å². The molecule has 1 rings (SSSR count). The Labute approximate surface area is 103 Å². The molecule has 0 saturated carbocycles. The van der Waals surface area contributed by atoms with Gasteiger partial charge in [0.1, 0.15) is 5.75 Å². The van der Waals surface area contributed by atoms with E-state index >= 15 is 0 Å². The standard InChI is InChI=1S/C14H23NO2/c1-10-7-6-8-11(12(10)16)9-15-13(2,3)14(4,5)17/h6-8,15-17H,9H2,1-5H3. The number of aliphatic hydroxyl groups is 1. The van der Waals surface area contributed by atoms with Gasteiger partial charge in [0.25, 0.3) is 0 Å². The molecule has 0 spiro atoms. The van der Waals surface area contributed by atoms with Gasteiger partial charge in [0.05, 0.1) is 5.60 Å². The second-order valence-electron chi connectivity index (χ2n) is 5.62. The van der Waals surface area contributed by atoms with Gasteiger partial charge in [-0.15, -0.1) is 0 Å². The number of aromatic hydroxyl groups is 1. The molecule has 0 unspecified atom stereocenters. The molecule has 0 radical (unpaired) electrons. The minimum absolute atomic E-state index is 0.326. The number of hydrogen-bond acceptors (Lipinski definition) is 3. The minimum atomic E-state index is -0.827. The molecule has 1 aromatic carbocycles. The molecule has 0 aliphatic heterocycles. The van der Waals surface area contributed by atoms with Gasteiger partial charge < -0.3 is 15.5 Å². The highest BCUT2D eigenvalue weighted by Gasteiger charge is 2.34. The van der Waals surface area contributed by atoms with E-state index in [0.29, 0.717) is 12.3 Å². The number of benzene rings is 1. The number of nitrogens with one attached hydrogen (secondary N) is 1. The van der Waals surface area contributed by atoms with Gasteiger partial charge in [-0.3, -0.25) is 0 Å². The third-order valence-corrected chi connectivity index (χ3v) is 3.57. The Bertz CT molecular complexity index is 392. The van der Waals surface area contributed by atoms with Crippen LogP contribution in [0.25, 0.3) is 0 Å². The quantitative estimate of drug-likeness (QED) is 0.753. The molecule has 3 N–H and O–H groups in total. The smallest absolute Gasteiger partial charge is 0.122 e. The van der Waals surface area contributed by atoms with Crippen molar-refractivity contribution in [3.63, 3.8) is 0 Å². The van der Waals surface area contributed by atoms with Crippen molar-refractivity contribution in [3.8, 4) is 5.75 Å². The third-order valence-electron chi connectivity index (χ3n) is 3.57. The van der Waals surface area contributed by atoms with Crippen molar-refractivity contribution >= 4 is 0 Å². The molecule has 0 heterocycles. The highest BCUT2D eigenvalue weighted by Crippen LogP contribution is 2.24. The normalized spacial score (nSPS) is 12.8. The van der Waals surface area contributed by atoms with E-state index in [1.165, 1.54) is 0 Å². The second kappa shape index (κ2) is 4.67. The van der Waals surface area contributed by atoms with Crippen LogP contribution < -0.4 is 5.32 Å². The first-order chi connectivity index (χ1) is 7.65. The van der Waals surface area contributed by atoms with E-state index in [-0.39, 0.29) is 0 Å². The van der Waals surface area contributed by atoms with E-state index in [9.17, 15) is 10.2 Å². The fraction of sp³-hybridized carbons (Fsp3) is 0.571. The van der Waals surface area contributed by atoms with Crippen LogP contribution in [0.3, 0.4) is 0 Å². The van der Waals surface area contributed by atoms with Crippen LogP contribution in [0.1, 0.15) is 38.8 Å². The average molecular weight is 237 g/mol. The van der Waals surface area contributed by atoms with E-state index in [0.717, 1.165) is 11.1 Å². The summed E-state index contributed by atoms with van der Waals surface area (Å²) in [5, 5.41) is 23.2. The van der Waals surface area contributed by atoms with Crippen molar-refractivity contribution in [3.05, 3.63) is 29.3 Å². The summed E-state index contributed by atoms with van der Waals surface area (Å²) in [6.07, 6.45) is 0. The van der Waals surface area contributed by atoms with Crippen molar-refractivity contribution < 1.29 is 10.2 Å². The fourth-order valence-corrected chi connectivity index (χ4v) is 1.39. The first kappa shape index (κ1) is 14.0. The maximum atomic E-state index is 10.0. The van der Waals surface area contributed by atoms with Crippen LogP contribution >= 0.6 is 0 Å². The monoisotopic (exact) mass is 237 g/mol. The number of para-hydroxylation sites is 1. The molecule has 3 heteroatoms. The molecule has 0 fully saturated rings. The topological polar surface area (TPSA) is 52.5 Å². The highest BCUT2D eigenvalue weighted by molar-refractivity contribution is 5.39. The Hall–Kier alpha value is -1.06. The molecular weight excluding hydrogens is 214 g/mol. The van der Waals surface area contributed by atoms with Crippen molar-refractivity contribution in [2.24, 2.45) is 0 Å². The van der Waals surface area contributed by atoms with Gasteiger partial charge >= 0.3 is 0 Å². The van der Waals surface area contributed by atoms with Crippen LogP contribution in [-0.2, 0) is 6.54 Å². The predicted octanol–water partition coefficient (Wildman–Crippen LogP) is 2.34. The SMILES string of the molecule is Cc1cccc(CNC(C)(C)C(C)(C)O)c1O. The van der Waals surface area contributed by atoms with E-state index in [1.807, 2.05) is 39.0 Å². The Morgan fingerprint density at radius 3 is 2.29 bits per heavy atom. The Kier molecular flexibility index (Phi) is 3.84. The molecule has 0 amide bonds. The maximum Gasteiger partial charge on any atom is 0.122 e. The van der Waals surface area contributed by atoms with Gasteiger partial charge in [0.15, 0.2) is 0 Å². The van der Waals surface area contributed by atoms with Crippen LogP contribution in [0.15, 0.2) is 18.2 Å². The lowest BCUT2D eigenvalue weighted by Gasteiger charge is -2.38. The number of aryl methyl sites for hydroxylation is 1. The molecule has 0 atom stereocenters. The number of rotatable bonds is 4. The van der Waals surface area contributed by atoms with E-state index in [1.54, 1.807) is 13.8 Å². The number of phenols is 1. The third kappa shape index (κ3) is 3.20. The molecule has 0 aromatic heterocycles. The van der Waals surface area contributed by atoms with Crippen molar-refractivity contribution in [1.29, 1.82) is 0 Å². The van der Waals surface area contributed by atoms with Gasteiger partial charge in [-0.05, 0) is 40.2 Å². The summed E-state index contributed by atoms with van der Waals surface area (Å²) < 4.78 is 0. The zero-order valence-corrected chi connectivity index (χ0v) is 11.3. The van der Waals surface area contributed by atoms with E-state index < -0.39 is 11.1 Å². The first-order valence-corrected chi connectivity index (χ1v) is 5.90. The van der Waals surface area contributed by atoms with Gasteiger partial charge in [0.2, 0.25) is 0 Å². The van der Waals surface area contributed by atoms with Crippen molar-refractivity contribution in [1.82, 2.24) is 5.32 Å². The number of hydrogen-bond donors (Lipinski definition) is 3. The molecule has 17 heavy (non-hydrogen) atoms. The lowest BCUT2D eigenvalue weighted by Crippen LogP contribution is -2.55. The average Bonchev–Trinajstić information content (AvgIpc) is 2.18. The maximum absolute atomic E-state index is 10.0. The summed E-state index contributed by atoms with van der Waals surface area (Å²) in [5.74, 6) is 0.326. The summed E-state index contributed by atoms with van der Waals surface area (Å²) >= 11 is 0. The lowest BCUT2D eigenvalue weighted by molar-refractivity contribution is -0.00539. The molecule has 3 nitrogen and oxygen atoms in total. The summed E-state index contributed by atoms with van der Waals surface area (Å²) in [6, 6.07) is 5.68. The first-order valence-electron chi connectivity index (χ1n) is 5.90. The zero-order valence-electron chi connectivity index (χ0n) is 11.3. The largest absolute Gasteiger partial charge is 0.507 e. The van der Waals surface area contributed by atoms with Gasteiger partial charge in [0, 0.05) is 17.6 Å². The minimum Gasteiger partial charge on any atom is -0.507 e. The molecule has 0 aliphatic carbocycles. The molecule has 0 saturated heterocycles. The van der Waals surface area contributed by atoms with Crippen LogP contribution in [-0.4, -0.2) is 21.4 Å². The summed E-state index contributed by atoms with van der Waals surface area (Å²) in [6.45, 7) is 9.84. The summed E-state index contributed by atoms with van der Waals surface area (Å²) in [5.41, 5.74) is 0.461. The van der Waals surface area contributed by atoms with Crippen molar-refractivity contribution in [2.75, 3.05) is 0 Å². The van der Waals surface area contributed by atoms with Gasteiger partial charge in [-0.2, -0.15) is 0 Å². The molecule has 1 aromatic rings. The molecule has 0 aliphatic rings. The van der Waals surface area contributed by atoms with Gasteiger partial charge in [-0.1, -0.05) is 18.2 Å². The highest BCUT2D eigenvalue weighted by atomic mass is 16.3. The Morgan fingerprint density at radius 1 is 1.18 bits per heavy atom. The van der Waals surface area contributed by atoms with Crippen molar-refractivity contribution in [2.45, 2.75) is 52.3 Å². The van der Waals surface area contributed by atoms with Crippen LogP contribution in [0, 0.1) is 6.92 Å². The second-order valence-corrected chi connectivity index (χ2v) is 5.62. The lowest BCUT2D eigenvalue weighted by atomic mass is 9.86. The van der Waals surface area contributed by atoms with E-state index in [2.05, 4.69) is 5.32 Å². The predicted molar refractivity (Wildman–Crippen MR) is 70.1 cm³/mol. The summed E-state index contributed by atoms with van der Waals surface area (Å²) in [7, 11) is 0. The molecular formula is C14H23NO2. The Balaban J connectivity index is 2.78. The molecule has 96 valence electrons. The molecule has 0 bridgehead atoms. The number of phenolic OH excluding ortho intramolecular Hbond substituents is 1. The van der Waals surface area contributed by atoms with Crippen LogP contribution in [0.2, 0.25) is 0 Å². The summed E-state index contributed by atoms with van der Waals surface area (Å²) in [4.78, 5) is 0.